The summed E-state index contributed by atoms with van der Waals surface area (Å²) in [6.07, 6.45) is 5.50. The third-order valence-electron chi connectivity index (χ3n) is 3.14. The van der Waals surface area contributed by atoms with E-state index in [1.807, 2.05) is 6.92 Å². The molecule has 0 fully saturated rings. The van der Waals surface area contributed by atoms with Gasteiger partial charge in [0.15, 0.2) is 0 Å². The zero-order chi connectivity index (χ0) is 17.9. The molecule has 0 aliphatic rings. The molecule has 0 saturated heterocycles. The van der Waals surface area contributed by atoms with E-state index in [0.29, 0.717) is 37.3 Å². The van der Waals surface area contributed by atoms with E-state index in [9.17, 15) is 9.90 Å². The Labute approximate surface area is 161 Å². The molecule has 1 heterocycles. The molecule has 5 nitrogen and oxygen atoms in total. The van der Waals surface area contributed by atoms with E-state index < -0.39 is 0 Å². The molecule has 24 heavy (non-hydrogen) atoms. The van der Waals surface area contributed by atoms with Crippen LogP contribution in [0.1, 0.15) is 23.7 Å². The summed E-state index contributed by atoms with van der Waals surface area (Å²) in [6, 6.07) is 3.13. The molecule has 1 aromatic heterocycles. The number of phenolic OH excluding ortho intramolecular Hbond substituents is 1. The molecule has 0 saturated carbocycles. The van der Waals surface area contributed by atoms with E-state index in [2.05, 4.69) is 41.8 Å². The summed E-state index contributed by atoms with van der Waals surface area (Å²) >= 11 is 12.5. The fraction of sp³-hybridized carbons (Fsp3) is 0.188. The number of rotatable bonds is 4. The summed E-state index contributed by atoms with van der Waals surface area (Å²) in [5, 5.41) is 10.2. The van der Waals surface area contributed by atoms with Gasteiger partial charge in [-0.1, -0.05) is 24.6 Å². The molecule has 2 rings (SSSR count). The first-order valence-corrected chi connectivity index (χ1v) is 8.95. The quantitative estimate of drug-likeness (QED) is 0.526. The number of aromatic hydroxyl groups is 1. The smallest absolute Gasteiger partial charge is 0.229 e. The first kappa shape index (κ1) is 18.9. The summed E-state index contributed by atoms with van der Waals surface area (Å²) in [6.45, 7) is 1.93. The van der Waals surface area contributed by atoms with E-state index in [-0.39, 0.29) is 11.5 Å². The Hall–Kier alpha value is -1.44. The molecule has 0 aliphatic carbocycles. The molecule has 0 bridgehead atoms. The van der Waals surface area contributed by atoms with Crippen molar-refractivity contribution in [3.8, 4) is 5.75 Å². The van der Waals surface area contributed by atoms with Gasteiger partial charge in [0.05, 0.1) is 25.9 Å². The minimum atomic E-state index is -0.239. The van der Waals surface area contributed by atoms with Crippen LogP contribution in [0.5, 0.6) is 5.75 Å². The number of ketones is 1. The predicted octanol–water partition coefficient (Wildman–Crippen LogP) is 4.43. The van der Waals surface area contributed by atoms with Crippen molar-refractivity contribution in [1.82, 2.24) is 9.55 Å². The Bertz CT molecular complexity index is 868. The first-order valence-electron chi connectivity index (χ1n) is 6.99. The Kier molecular flexibility index (Phi) is 6.37. The van der Waals surface area contributed by atoms with Gasteiger partial charge < -0.3 is 5.11 Å². The predicted molar refractivity (Wildman–Crippen MR) is 101 cm³/mol. The summed E-state index contributed by atoms with van der Waals surface area (Å²) in [5.41, 5.74) is 1.16. The molecule has 2 aromatic rings. The summed E-state index contributed by atoms with van der Waals surface area (Å²) in [4.78, 5) is 21.2. The molecule has 8 heteroatoms. The van der Waals surface area contributed by atoms with Gasteiger partial charge in [0.25, 0.3) is 0 Å². The lowest BCUT2D eigenvalue weighted by atomic mass is 10.1. The monoisotopic (exact) mass is 473 g/mol. The van der Waals surface area contributed by atoms with Gasteiger partial charge in [-0.05, 0) is 50.4 Å². The highest BCUT2D eigenvalue weighted by Gasteiger charge is 2.18. The summed E-state index contributed by atoms with van der Waals surface area (Å²) < 4.78 is 2.40. The van der Waals surface area contributed by atoms with Gasteiger partial charge in [0, 0.05) is 18.8 Å². The van der Waals surface area contributed by atoms with Crippen LogP contribution < -0.4 is 5.62 Å². The third kappa shape index (κ3) is 3.96. The van der Waals surface area contributed by atoms with Crippen molar-refractivity contribution in [1.29, 1.82) is 0 Å². The van der Waals surface area contributed by atoms with Crippen molar-refractivity contribution in [2.45, 2.75) is 13.3 Å². The van der Waals surface area contributed by atoms with Crippen molar-refractivity contribution < 1.29 is 9.90 Å². The van der Waals surface area contributed by atoms with Crippen LogP contribution in [0.2, 0.25) is 5.02 Å². The van der Waals surface area contributed by atoms with E-state index >= 15 is 0 Å². The summed E-state index contributed by atoms with van der Waals surface area (Å²) in [7, 11) is 1.59. The number of carbonyl (C=O) groups excluding carboxylic acids is 1. The van der Waals surface area contributed by atoms with Crippen molar-refractivity contribution in [3.05, 3.63) is 55.8 Å². The molecule has 0 radical (unpaired) electrons. The van der Waals surface area contributed by atoms with Crippen LogP contribution in [0.4, 0.5) is 0 Å². The SMILES string of the molecule is CC/C=C(\C(=O)c1cc(Br)c(O)c(Br)c1)n1cc(Cl)cnc1=NC. The number of carbonyl (C=O) groups is 1. The Morgan fingerprint density at radius 1 is 1.42 bits per heavy atom. The van der Waals surface area contributed by atoms with Crippen LogP contribution in [0.3, 0.4) is 0 Å². The molecular formula is C16H14Br2ClN3O2. The number of hydrogen-bond acceptors (Lipinski definition) is 4. The van der Waals surface area contributed by atoms with Gasteiger partial charge in [-0.15, -0.1) is 0 Å². The van der Waals surface area contributed by atoms with Gasteiger partial charge >= 0.3 is 0 Å². The highest BCUT2D eigenvalue weighted by Crippen LogP contribution is 2.34. The zero-order valence-corrected chi connectivity index (χ0v) is 16.9. The number of aromatic nitrogens is 2. The lowest BCUT2D eigenvalue weighted by molar-refractivity contribution is 0.105. The van der Waals surface area contributed by atoms with Gasteiger partial charge in [0.1, 0.15) is 5.75 Å². The number of nitrogens with zero attached hydrogens (tertiary/aromatic N) is 3. The molecule has 126 valence electrons. The van der Waals surface area contributed by atoms with Crippen molar-refractivity contribution in [2.75, 3.05) is 7.05 Å². The number of phenols is 1. The minimum Gasteiger partial charge on any atom is -0.506 e. The standard InChI is InChI=1S/C16H14Br2ClN3O2/c1-3-4-13(22-8-10(19)7-21-16(22)20-2)14(23)9-5-11(17)15(24)12(18)6-9/h4-8,24H,3H2,1-2H3/b13-4+,20-16?. The Morgan fingerprint density at radius 3 is 2.58 bits per heavy atom. The molecule has 1 N–H and O–H groups in total. The second kappa shape index (κ2) is 8.09. The van der Waals surface area contributed by atoms with Crippen LogP contribution in [-0.4, -0.2) is 27.5 Å². The van der Waals surface area contributed by atoms with Crippen molar-refractivity contribution >= 4 is 54.9 Å². The number of benzene rings is 1. The minimum absolute atomic E-state index is 0.0360. The number of halogens is 3. The van der Waals surface area contributed by atoms with Crippen molar-refractivity contribution in [2.24, 2.45) is 4.99 Å². The highest BCUT2D eigenvalue weighted by atomic mass is 79.9. The molecule has 0 aliphatic heterocycles. The second-order valence-electron chi connectivity index (χ2n) is 4.78. The fourth-order valence-electron chi connectivity index (χ4n) is 2.08. The van der Waals surface area contributed by atoms with E-state index in [0.717, 1.165) is 0 Å². The lowest BCUT2D eigenvalue weighted by Crippen LogP contribution is -2.26. The maximum absolute atomic E-state index is 13.0. The highest BCUT2D eigenvalue weighted by molar-refractivity contribution is 9.11. The molecule has 0 unspecified atom stereocenters. The topological polar surface area (TPSA) is 67.5 Å². The molecule has 1 aromatic carbocycles. The van der Waals surface area contributed by atoms with Crippen LogP contribution in [0, 0.1) is 0 Å². The maximum atomic E-state index is 13.0. The van der Waals surface area contributed by atoms with Gasteiger partial charge in [-0.3, -0.25) is 14.4 Å². The first-order chi connectivity index (χ1) is 11.4. The largest absolute Gasteiger partial charge is 0.506 e. The van der Waals surface area contributed by atoms with Gasteiger partial charge in [0.2, 0.25) is 11.4 Å². The number of hydrogen-bond donors (Lipinski definition) is 1. The van der Waals surface area contributed by atoms with Gasteiger partial charge in [-0.2, -0.15) is 0 Å². The number of allylic oxidation sites excluding steroid dienone is 2. The van der Waals surface area contributed by atoms with Crippen LogP contribution in [-0.2, 0) is 0 Å². The lowest BCUT2D eigenvalue weighted by Gasteiger charge is -2.12. The van der Waals surface area contributed by atoms with Crippen LogP contribution in [0.25, 0.3) is 5.70 Å². The zero-order valence-electron chi connectivity index (χ0n) is 12.9. The number of Topliss-reactive ketones (excluding diaryl/α,β-unsaturated/α-hetero) is 1. The molecule has 0 atom stereocenters. The Morgan fingerprint density at radius 2 is 2.04 bits per heavy atom. The second-order valence-corrected chi connectivity index (χ2v) is 6.93. The van der Waals surface area contributed by atoms with E-state index in [1.54, 1.807) is 36.0 Å². The van der Waals surface area contributed by atoms with Crippen LogP contribution >= 0.6 is 43.5 Å². The average molecular weight is 476 g/mol. The normalized spacial score (nSPS) is 12.5. The summed E-state index contributed by atoms with van der Waals surface area (Å²) in [5.74, 6) is -0.203. The molecule has 0 spiro atoms. The van der Waals surface area contributed by atoms with E-state index in [4.69, 9.17) is 11.6 Å². The fourth-order valence-corrected chi connectivity index (χ4v) is 3.41. The third-order valence-corrected chi connectivity index (χ3v) is 4.54. The average Bonchev–Trinajstić information content (AvgIpc) is 2.56. The van der Waals surface area contributed by atoms with Gasteiger partial charge in [-0.25, -0.2) is 4.98 Å². The van der Waals surface area contributed by atoms with E-state index in [1.165, 1.54) is 6.20 Å². The van der Waals surface area contributed by atoms with Crippen molar-refractivity contribution in [3.63, 3.8) is 0 Å². The maximum Gasteiger partial charge on any atom is 0.229 e. The van der Waals surface area contributed by atoms with Crippen LogP contribution in [0.15, 0.2) is 44.5 Å². The molecule has 0 amide bonds. The molecular weight excluding hydrogens is 461 g/mol. The Balaban J connectivity index is 2.64.